The van der Waals surface area contributed by atoms with Gasteiger partial charge in [0.05, 0.1) is 4.91 Å². The number of nitrogens with zero attached hydrogens (tertiary/aromatic N) is 2. The van der Waals surface area contributed by atoms with Crippen molar-refractivity contribution in [1.82, 2.24) is 9.36 Å². The lowest BCUT2D eigenvalue weighted by Gasteiger charge is -1.61. The molecule has 6 heavy (non-hydrogen) atoms. The first-order chi connectivity index (χ1) is 2.89. The monoisotopic (exact) mass is 98.0 g/mol. The molecule has 0 amide bonds. The first kappa shape index (κ1) is 3.80. The van der Waals surface area contributed by atoms with Crippen LogP contribution in [0.15, 0.2) is 6.33 Å². The molecule has 0 N–H and O–H groups in total. The molecule has 2 nitrogen and oxygen atoms in total. The van der Waals surface area contributed by atoms with Gasteiger partial charge in [-0.05, 0) is 11.5 Å². The molecule has 0 fully saturated rings. The fourth-order valence-electron chi connectivity index (χ4n) is 0.228. The van der Waals surface area contributed by atoms with Crippen molar-refractivity contribution in [3.8, 4) is 0 Å². The van der Waals surface area contributed by atoms with Gasteiger partial charge < -0.3 is 0 Å². The molecule has 0 saturated heterocycles. The van der Waals surface area contributed by atoms with Crippen LogP contribution in [0.5, 0.6) is 0 Å². The maximum atomic E-state index is 3.82. The lowest BCUT2D eigenvalue weighted by atomic mass is 10.2. The van der Waals surface area contributed by atoms with E-state index in [-0.39, 0.29) is 0 Å². The molecule has 0 saturated carbocycles. The van der Waals surface area contributed by atoms with Gasteiger partial charge in [0.15, 0.2) is 7.85 Å². The van der Waals surface area contributed by atoms with E-state index in [1.165, 1.54) is 11.5 Å². The molecule has 1 aromatic heterocycles. The fourth-order valence-corrected chi connectivity index (χ4v) is 0.569. The summed E-state index contributed by atoms with van der Waals surface area (Å²) in [6, 6.07) is 0. The Morgan fingerprint density at radius 3 is 2.83 bits per heavy atom. The third kappa shape index (κ3) is 0.569. The minimum Gasteiger partial charge on any atom is -0.239 e. The quantitative estimate of drug-likeness (QED) is 0.381. The van der Waals surface area contributed by atoms with E-state index in [1.54, 1.807) is 6.33 Å². The molecule has 0 spiro atoms. The largest absolute Gasteiger partial charge is 0.239 e. The van der Waals surface area contributed by atoms with Crippen molar-refractivity contribution in [2.75, 3.05) is 0 Å². The van der Waals surface area contributed by atoms with Crippen molar-refractivity contribution < 1.29 is 0 Å². The predicted octanol–water partition coefficient (Wildman–Crippen LogP) is -1.20. The summed E-state index contributed by atoms with van der Waals surface area (Å²) in [7, 11) is 1.93. The van der Waals surface area contributed by atoms with E-state index in [9.17, 15) is 0 Å². The van der Waals surface area contributed by atoms with Crippen molar-refractivity contribution in [2.24, 2.45) is 0 Å². The van der Waals surface area contributed by atoms with E-state index in [1.807, 2.05) is 7.85 Å². The summed E-state index contributed by atoms with van der Waals surface area (Å²) in [5.74, 6) is 0. The van der Waals surface area contributed by atoms with Crippen molar-refractivity contribution in [3.63, 3.8) is 0 Å². The Labute approximate surface area is 40.8 Å². The highest BCUT2D eigenvalue weighted by Crippen LogP contribution is 1.72. The Morgan fingerprint density at radius 2 is 2.67 bits per heavy atom. The number of hydrogen-bond donors (Lipinski definition) is 0. The van der Waals surface area contributed by atoms with E-state index in [2.05, 4.69) is 9.36 Å². The zero-order valence-corrected chi connectivity index (χ0v) is 4.20. The van der Waals surface area contributed by atoms with Crippen molar-refractivity contribution >= 4 is 24.3 Å². The van der Waals surface area contributed by atoms with Gasteiger partial charge in [0.1, 0.15) is 6.33 Å². The third-order valence-electron chi connectivity index (χ3n) is 0.471. The van der Waals surface area contributed by atoms with Crippen LogP contribution in [-0.4, -0.2) is 17.2 Å². The summed E-state index contributed by atoms with van der Waals surface area (Å²) in [6.07, 6.45) is 1.56. The first-order valence-corrected chi connectivity index (χ1v) is 2.40. The summed E-state index contributed by atoms with van der Waals surface area (Å²) in [4.78, 5) is 4.85. The minimum atomic E-state index is 1.02. The maximum absolute atomic E-state index is 3.82. The molecule has 1 aromatic rings. The standard InChI is InChI=1S/C2H3BN2S/c3-2-4-1-5-6-2/h1H,3H2. The molecule has 4 heteroatoms. The second-order valence-electron chi connectivity index (χ2n) is 0.960. The van der Waals surface area contributed by atoms with Crippen LogP contribution in [0.2, 0.25) is 0 Å². The zero-order valence-electron chi connectivity index (χ0n) is 3.38. The molecule has 0 atom stereocenters. The van der Waals surface area contributed by atoms with Crippen molar-refractivity contribution in [2.45, 2.75) is 0 Å². The van der Waals surface area contributed by atoms with E-state index < -0.39 is 0 Å². The molecule has 0 aliphatic heterocycles. The van der Waals surface area contributed by atoms with Crippen LogP contribution < -0.4 is 4.91 Å². The van der Waals surface area contributed by atoms with Crippen LogP contribution in [-0.2, 0) is 0 Å². The highest BCUT2D eigenvalue weighted by molar-refractivity contribution is 7.14. The summed E-state index contributed by atoms with van der Waals surface area (Å²) in [5.41, 5.74) is 0. The fraction of sp³-hybridized carbons (Fsp3) is 0. The second-order valence-corrected chi connectivity index (χ2v) is 1.94. The maximum Gasteiger partial charge on any atom is 0.179 e. The van der Waals surface area contributed by atoms with Crippen molar-refractivity contribution in [3.05, 3.63) is 6.33 Å². The molecule has 0 aliphatic carbocycles. The zero-order chi connectivity index (χ0) is 4.41. The molecule has 0 aromatic carbocycles. The summed E-state index contributed by atoms with van der Waals surface area (Å²) in [5, 5.41) is 0. The normalized spacial score (nSPS) is 8.67. The van der Waals surface area contributed by atoms with E-state index in [4.69, 9.17) is 0 Å². The van der Waals surface area contributed by atoms with E-state index >= 15 is 0 Å². The third-order valence-corrected chi connectivity index (χ3v) is 1.04. The van der Waals surface area contributed by atoms with Crippen LogP contribution in [0.25, 0.3) is 0 Å². The topological polar surface area (TPSA) is 25.8 Å². The Balaban J connectivity index is 3.05. The number of aromatic nitrogens is 2. The lowest BCUT2D eigenvalue weighted by molar-refractivity contribution is 1.36. The predicted molar refractivity (Wildman–Crippen MR) is 28.1 cm³/mol. The van der Waals surface area contributed by atoms with E-state index in [0.29, 0.717) is 0 Å². The highest BCUT2D eigenvalue weighted by atomic mass is 32.1. The van der Waals surface area contributed by atoms with Crippen LogP contribution in [0.4, 0.5) is 0 Å². The van der Waals surface area contributed by atoms with Crippen molar-refractivity contribution in [1.29, 1.82) is 0 Å². The smallest absolute Gasteiger partial charge is 0.179 e. The van der Waals surface area contributed by atoms with Gasteiger partial charge in [0.25, 0.3) is 0 Å². The molecule has 0 unspecified atom stereocenters. The molecular weight excluding hydrogens is 94.9 g/mol. The molecule has 1 rings (SSSR count). The molecule has 0 aliphatic rings. The van der Waals surface area contributed by atoms with Crippen LogP contribution >= 0.6 is 11.5 Å². The number of hydrogen-bond acceptors (Lipinski definition) is 3. The Morgan fingerprint density at radius 1 is 1.83 bits per heavy atom. The SMILES string of the molecule is Bc1ncns1. The van der Waals surface area contributed by atoms with Gasteiger partial charge in [-0.1, -0.05) is 0 Å². The van der Waals surface area contributed by atoms with Gasteiger partial charge in [0.2, 0.25) is 0 Å². The molecular formula is C2H3BN2S. The molecule has 1 heterocycles. The minimum absolute atomic E-state index is 1.02. The summed E-state index contributed by atoms with van der Waals surface area (Å²) < 4.78 is 3.75. The average Bonchev–Trinajstić information content (AvgIpc) is 1.86. The lowest BCUT2D eigenvalue weighted by Crippen LogP contribution is -1.95. The second kappa shape index (κ2) is 1.38. The average molecular weight is 97.9 g/mol. The Kier molecular flexibility index (Phi) is 0.878. The molecule has 30 valence electrons. The van der Waals surface area contributed by atoms with Gasteiger partial charge >= 0.3 is 0 Å². The molecule has 0 bridgehead atoms. The van der Waals surface area contributed by atoms with Gasteiger partial charge in [0, 0.05) is 0 Å². The van der Waals surface area contributed by atoms with Crippen LogP contribution in [0.1, 0.15) is 0 Å². The summed E-state index contributed by atoms with van der Waals surface area (Å²) >= 11 is 1.42. The highest BCUT2D eigenvalue weighted by Gasteiger charge is 1.78. The Hall–Kier alpha value is -0.375. The van der Waals surface area contributed by atoms with Gasteiger partial charge in [-0.2, -0.15) is 4.37 Å². The van der Waals surface area contributed by atoms with Gasteiger partial charge in [-0.25, -0.2) is 4.98 Å². The van der Waals surface area contributed by atoms with Crippen LogP contribution in [0.3, 0.4) is 0 Å². The first-order valence-electron chi connectivity index (χ1n) is 1.63. The van der Waals surface area contributed by atoms with Gasteiger partial charge in [-0.15, -0.1) is 0 Å². The molecule has 0 radical (unpaired) electrons. The summed E-state index contributed by atoms with van der Waals surface area (Å²) in [6.45, 7) is 0. The Bertz CT molecular complexity index is 115. The van der Waals surface area contributed by atoms with Gasteiger partial charge in [-0.3, -0.25) is 0 Å². The number of rotatable bonds is 0. The van der Waals surface area contributed by atoms with E-state index in [0.717, 1.165) is 4.91 Å². The van der Waals surface area contributed by atoms with Crippen LogP contribution in [0, 0.1) is 0 Å².